The van der Waals surface area contributed by atoms with E-state index in [2.05, 4.69) is 4.74 Å². The van der Waals surface area contributed by atoms with Crippen LogP contribution in [0.3, 0.4) is 0 Å². The van der Waals surface area contributed by atoms with Gasteiger partial charge in [-0.15, -0.1) is 0 Å². The van der Waals surface area contributed by atoms with Crippen molar-refractivity contribution in [3.8, 4) is 0 Å². The summed E-state index contributed by atoms with van der Waals surface area (Å²) in [5, 5.41) is 8.80. The predicted octanol–water partition coefficient (Wildman–Crippen LogP) is 0.255. The monoisotopic (exact) mass is 169 g/mol. The number of aliphatic carboxylic acids is 1. The lowest BCUT2D eigenvalue weighted by molar-refractivity contribution is -0.233. The molecule has 3 nitrogen and oxygen atoms in total. The van der Waals surface area contributed by atoms with Gasteiger partial charge in [0.15, 0.2) is 13.2 Å². The van der Waals surface area contributed by atoms with Gasteiger partial charge in [0.1, 0.15) is 5.41 Å². The van der Waals surface area contributed by atoms with E-state index in [1.165, 1.54) is 0 Å². The van der Waals surface area contributed by atoms with Crippen LogP contribution in [0, 0.1) is 23.2 Å². The summed E-state index contributed by atoms with van der Waals surface area (Å²) in [5.41, 5.74) is 0.473. The molecule has 1 heterocycles. The van der Waals surface area contributed by atoms with Crippen LogP contribution >= 0.6 is 0 Å². The maximum Gasteiger partial charge on any atom is 0.307 e. The van der Waals surface area contributed by atoms with Gasteiger partial charge in [-0.3, -0.25) is 4.79 Å². The van der Waals surface area contributed by atoms with Crippen LogP contribution < -0.4 is 0 Å². The number of carboxylic acids is 1. The molecule has 2 unspecified atom stereocenters. The third-order valence-corrected chi connectivity index (χ3v) is 3.85. The second-order valence-corrected chi connectivity index (χ2v) is 4.64. The predicted molar refractivity (Wildman–Crippen MR) is 41.7 cm³/mol. The fourth-order valence-electron chi connectivity index (χ4n) is 3.14. The third kappa shape index (κ3) is 0.678. The van der Waals surface area contributed by atoms with Crippen LogP contribution in [0.2, 0.25) is 0 Å². The van der Waals surface area contributed by atoms with E-state index in [0.29, 0.717) is 17.3 Å². The molecule has 3 fully saturated rings. The molecule has 2 atom stereocenters. The van der Waals surface area contributed by atoms with E-state index < -0.39 is 5.97 Å². The van der Waals surface area contributed by atoms with Crippen LogP contribution in [0.4, 0.5) is 0 Å². The highest BCUT2D eigenvalue weighted by Crippen LogP contribution is 2.65. The maximum atomic E-state index is 10.7. The second-order valence-electron chi connectivity index (χ2n) is 4.64. The van der Waals surface area contributed by atoms with E-state index in [0.717, 1.165) is 26.1 Å². The van der Waals surface area contributed by atoms with Crippen molar-refractivity contribution < 1.29 is 14.6 Å². The topological polar surface area (TPSA) is 50.1 Å². The number of fused-ring (bicyclic) bond motifs is 1. The first-order valence-electron chi connectivity index (χ1n) is 4.58. The summed E-state index contributed by atoms with van der Waals surface area (Å²) in [7, 11) is 0. The van der Waals surface area contributed by atoms with Gasteiger partial charge in [-0.1, -0.05) is 0 Å². The molecular weight excluding hydrogens is 156 g/mol. The van der Waals surface area contributed by atoms with Gasteiger partial charge < -0.3 is 9.84 Å². The van der Waals surface area contributed by atoms with Crippen molar-refractivity contribution in [1.82, 2.24) is 0 Å². The Bertz CT molecular complexity index is 230. The molecule has 0 bridgehead atoms. The van der Waals surface area contributed by atoms with Gasteiger partial charge in [-0.05, 0) is 24.7 Å². The Labute approximate surface area is 70.7 Å². The zero-order valence-electron chi connectivity index (χ0n) is 6.86. The van der Waals surface area contributed by atoms with Gasteiger partial charge in [-0.2, -0.15) is 0 Å². The quantitative estimate of drug-likeness (QED) is 0.572. The highest BCUT2D eigenvalue weighted by Gasteiger charge is 2.68. The van der Waals surface area contributed by atoms with Crippen LogP contribution in [0.1, 0.15) is 12.8 Å². The van der Waals surface area contributed by atoms with Crippen LogP contribution in [0.25, 0.3) is 0 Å². The molecule has 2 aliphatic carbocycles. The van der Waals surface area contributed by atoms with Crippen molar-refractivity contribution in [2.45, 2.75) is 12.8 Å². The highest BCUT2D eigenvalue weighted by atomic mass is 16.5. The van der Waals surface area contributed by atoms with E-state index in [-0.39, 0.29) is 5.92 Å². The highest BCUT2D eigenvalue weighted by molar-refractivity contribution is 5.74. The Kier molecular flexibility index (Phi) is 1.06. The minimum Gasteiger partial charge on any atom is -0.481 e. The first kappa shape index (κ1) is 6.89. The van der Waals surface area contributed by atoms with E-state index in [1.807, 2.05) is 0 Å². The maximum absolute atomic E-state index is 10.7. The molecule has 12 heavy (non-hydrogen) atoms. The average molecular weight is 169 g/mol. The molecule has 0 amide bonds. The van der Waals surface area contributed by atoms with Crippen LogP contribution in [0.15, 0.2) is 0 Å². The van der Waals surface area contributed by atoms with Crippen LogP contribution in [0.5, 0.6) is 0 Å². The normalized spacial score (nSPS) is 46.8. The van der Waals surface area contributed by atoms with Gasteiger partial charge in [0, 0.05) is 0 Å². The van der Waals surface area contributed by atoms with Crippen LogP contribution in [-0.4, -0.2) is 29.0 Å². The van der Waals surface area contributed by atoms with Crippen molar-refractivity contribution in [2.75, 3.05) is 13.2 Å². The van der Waals surface area contributed by atoms with Crippen LogP contribution in [-0.2, 0) is 4.79 Å². The number of ether oxygens (including phenoxy) is 1. The lowest BCUT2D eigenvalue weighted by Gasteiger charge is -2.34. The van der Waals surface area contributed by atoms with Crippen molar-refractivity contribution in [1.29, 1.82) is 0 Å². The zero-order chi connectivity index (χ0) is 8.34. The SMILES string of the molecule is O=C(O)C1C2CC3(C[OH+]C3)CC21. The van der Waals surface area contributed by atoms with E-state index in [1.54, 1.807) is 0 Å². The summed E-state index contributed by atoms with van der Waals surface area (Å²) < 4.78 is 4.23. The fraction of sp³-hybridized carbons (Fsp3) is 0.889. The van der Waals surface area contributed by atoms with Crippen molar-refractivity contribution in [3.05, 3.63) is 0 Å². The Morgan fingerprint density at radius 2 is 1.92 bits per heavy atom. The van der Waals surface area contributed by atoms with Gasteiger partial charge >= 0.3 is 5.97 Å². The average Bonchev–Trinajstić information content (AvgIpc) is 2.46. The number of rotatable bonds is 1. The molecule has 3 heteroatoms. The Balaban J connectivity index is 1.69. The molecule has 0 aromatic carbocycles. The minimum absolute atomic E-state index is 0.0104. The molecule has 0 aromatic rings. The molecule has 0 aromatic heterocycles. The molecule has 2 N–H and O–H groups in total. The molecule has 66 valence electrons. The molecule has 1 aliphatic heterocycles. The Hall–Kier alpha value is -0.570. The lowest BCUT2D eigenvalue weighted by atomic mass is 9.80. The van der Waals surface area contributed by atoms with E-state index in [9.17, 15) is 4.79 Å². The summed E-state index contributed by atoms with van der Waals surface area (Å²) in [5.74, 6) is 0.461. The first-order chi connectivity index (χ1) is 5.72. The third-order valence-electron chi connectivity index (χ3n) is 3.85. The number of hydrogen-bond donors (Lipinski definition) is 1. The smallest absolute Gasteiger partial charge is 0.307 e. The number of hydrogen-bond acceptors (Lipinski definition) is 1. The van der Waals surface area contributed by atoms with Crippen molar-refractivity contribution >= 4 is 5.97 Å². The molecule has 0 radical (unpaired) electrons. The number of carbonyl (C=O) groups is 1. The molecule has 3 aliphatic rings. The minimum atomic E-state index is -0.573. The standard InChI is InChI=1S/C9H12O3/c10-8(11)7-5-1-9(2-6(5)7)3-12-4-9/h5-7H,1-4H2,(H,10,11)/p+1. The molecule has 2 saturated carbocycles. The Morgan fingerprint density at radius 3 is 2.25 bits per heavy atom. The summed E-state index contributed by atoms with van der Waals surface area (Å²) >= 11 is 0. The molecular formula is C9H13O3+. The summed E-state index contributed by atoms with van der Waals surface area (Å²) in [6.45, 7) is 2.01. The fourth-order valence-corrected chi connectivity index (χ4v) is 3.14. The summed E-state index contributed by atoms with van der Waals surface area (Å²) in [4.78, 5) is 10.7. The van der Waals surface area contributed by atoms with Crippen molar-refractivity contribution in [3.63, 3.8) is 0 Å². The van der Waals surface area contributed by atoms with Gasteiger partial charge in [-0.25, -0.2) is 0 Å². The first-order valence-corrected chi connectivity index (χ1v) is 4.58. The number of aliphatic hydroxyl groups is 2. The lowest BCUT2D eigenvalue weighted by Crippen LogP contribution is -2.44. The molecule has 3 rings (SSSR count). The van der Waals surface area contributed by atoms with Gasteiger partial charge in [0.25, 0.3) is 0 Å². The van der Waals surface area contributed by atoms with Gasteiger partial charge in [0.2, 0.25) is 0 Å². The molecule has 1 saturated heterocycles. The zero-order valence-corrected chi connectivity index (χ0v) is 6.86. The summed E-state index contributed by atoms with van der Waals surface area (Å²) in [6.07, 6.45) is 2.27. The second kappa shape index (κ2) is 1.84. The largest absolute Gasteiger partial charge is 0.481 e. The van der Waals surface area contributed by atoms with E-state index in [4.69, 9.17) is 5.11 Å². The number of carboxylic acid groups (broad SMARTS) is 1. The van der Waals surface area contributed by atoms with E-state index >= 15 is 0 Å². The van der Waals surface area contributed by atoms with Crippen molar-refractivity contribution in [2.24, 2.45) is 23.2 Å². The molecule has 1 spiro atoms. The van der Waals surface area contributed by atoms with Gasteiger partial charge in [0.05, 0.1) is 5.92 Å². The Morgan fingerprint density at radius 1 is 1.33 bits per heavy atom. The summed E-state index contributed by atoms with van der Waals surface area (Å²) in [6, 6.07) is 0.